The van der Waals surface area contributed by atoms with Gasteiger partial charge in [-0.25, -0.2) is 0 Å². The monoisotopic (exact) mass is 287 g/mol. The first-order valence-electron chi connectivity index (χ1n) is 6.99. The number of hydrogen-bond donors (Lipinski definition) is 1. The number of nitrogens with one attached hydrogen (secondary N) is 1. The Hall–Kier alpha value is -1.39. The molecule has 1 aliphatic rings. The molecule has 1 aromatic carbocycles. The van der Waals surface area contributed by atoms with Crippen LogP contribution in [0.15, 0.2) is 24.3 Å². The molecule has 0 aromatic heterocycles. The number of rotatable bonds is 4. The fourth-order valence-electron chi connectivity index (χ4n) is 2.66. The van der Waals surface area contributed by atoms with Crippen LogP contribution in [0, 0.1) is 5.92 Å². The van der Waals surface area contributed by atoms with Gasteiger partial charge in [0.25, 0.3) is 0 Å². The number of ether oxygens (including phenoxy) is 1. The number of halogens is 3. The van der Waals surface area contributed by atoms with Gasteiger partial charge in [0.15, 0.2) is 6.61 Å². The van der Waals surface area contributed by atoms with E-state index in [1.165, 1.54) is 6.42 Å². The molecule has 2 unspecified atom stereocenters. The molecule has 1 saturated carbocycles. The van der Waals surface area contributed by atoms with Gasteiger partial charge >= 0.3 is 6.18 Å². The molecule has 1 aliphatic carbocycles. The van der Waals surface area contributed by atoms with E-state index in [1.807, 2.05) is 0 Å². The van der Waals surface area contributed by atoms with Crippen LogP contribution in [0.25, 0.3) is 0 Å². The molecule has 1 N–H and O–H groups in total. The van der Waals surface area contributed by atoms with Crippen molar-refractivity contribution in [3.8, 4) is 5.75 Å². The van der Waals surface area contributed by atoms with Crippen LogP contribution in [-0.4, -0.2) is 18.8 Å². The Morgan fingerprint density at radius 2 is 2.00 bits per heavy atom. The minimum absolute atomic E-state index is 0.267. The highest BCUT2D eigenvalue weighted by Gasteiger charge is 2.29. The quantitative estimate of drug-likeness (QED) is 0.872. The highest BCUT2D eigenvalue weighted by Crippen LogP contribution is 2.31. The van der Waals surface area contributed by atoms with Crippen molar-refractivity contribution in [2.75, 3.05) is 11.9 Å². The second kappa shape index (κ2) is 6.37. The lowest BCUT2D eigenvalue weighted by molar-refractivity contribution is -0.153. The van der Waals surface area contributed by atoms with Gasteiger partial charge < -0.3 is 10.1 Å². The van der Waals surface area contributed by atoms with Crippen LogP contribution < -0.4 is 10.1 Å². The summed E-state index contributed by atoms with van der Waals surface area (Å²) in [6.45, 7) is 0.951. The van der Waals surface area contributed by atoms with E-state index in [4.69, 9.17) is 4.74 Å². The van der Waals surface area contributed by atoms with Gasteiger partial charge in [-0.1, -0.05) is 31.9 Å². The average Bonchev–Trinajstić information content (AvgIpc) is 2.37. The van der Waals surface area contributed by atoms with Crippen molar-refractivity contribution in [3.05, 3.63) is 24.3 Å². The second-order valence-electron chi connectivity index (χ2n) is 5.51. The number of benzene rings is 1. The van der Waals surface area contributed by atoms with Crippen LogP contribution in [0.5, 0.6) is 5.75 Å². The molecule has 112 valence electrons. The van der Waals surface area contributed by atoms with E-state index in [0.717, 1.165) is 19.3 Å². The summed E-state index contributed by atoms with van der Waals surface area (Å²) in [5, 5.41) is 3.32. The average molecular weight is 287 g/mol. The van der Waals surface area contributed by atoms with Crippen LogP contribution >= 0.6 is 0 Å². The predicted molar refractivity (Wildman–Crippen MR) is 73.0 cm³/mol. The molecule has 0 amide bonds. The highest BCUT2D eigenvalue weighted by molar-refractivity contribution is 5.56. The third-order valence-corrected chi connectivity index (χ3v) is 3.57. The van der Waals surface area contributed by atoms with Gasteiger partial charge in [-0.05, 0) is 30.9 Å². The van der Waals surface area contributed by atoms with E-state index in [9.17, 15) is 13.2 Å². The van der Waals surface area contributed by atoms with E-state index in [2.05, 4.69) is 12.2 Å². The molecule has 0 bridgehead atoms. The molecule has 2 nitrogen and oxygen atoms in total. The van der Waals surface area contributed by atoms with Gasteiger partial charge in [-0.3, -0.25) is 0 Å². The molecule has 20 heavy (non-hydrogen) atoms. The molecule has 1 aromatic rings. The maximum atomic E-state index is 12.2. The standard InChI is InChI=1S/C15H20F3NO/c1-11-5-4-6-12(9-11)19-13-7-2-3-8-14(13)20-10-15(16,17)18/h2-3,7-8,11-12,19H,4-6,9-10H2,1H3. The Kier molecular flexibility index (Phi) is 4.78. The van der Waals surface area contributed by atoms with Gasteiger partial charge in [0.2, 0.25) is 0 Å². The lowest BCUT2D eigenvalue weighted by atomic mass is 9.87. The SMILES string of the molecule is CC1CCCC(Nc2ccccc2OCC(F)(F)F)C1. The zero-order chi connectivity index (χ0) is 14.6. The van der Waals surface area contributed by atoms with E-state index < -0.39 is 12.8 Å². The maximum Gasteiger partial charge on any atom is 0.422 e. The Balaban J connectivity index is 2.00. The van der Waals surface area contributed by atoms with Crippen molar-refractivity contribution in [1.29, 1.82) is 0 Å². The Morgan fingerprint density at radius 3 is 2.70 bits per heavy atom. The molecule has 0 spiro atoms. The van der Waals surface area contributed by atoms with Gasteiger partial charge in [0.05, 0.1) is 5.69 Å². The molecule has 5 heteroatoms. The molecule has 0 saturated heterocycles. The summed E-state index contributed by atoms with van der Waals surface area (Å²) in [4.78, 5) is 0. The lowest BCUT2D eigenvalue weighted by Gasteiger charge is -2.29. The Labute approximate surface area is 117 Å². The van der Waals surface area contributed by atoms with Crippen LogP contribution in [-0.2, 0) is 0 Å². The van der Waals surface area contributed by atoms with Gasteiger partial charge in [0, 0.05) is 6.04 Å². The molecule has 0 aliphatic heterocycles. The molecule has 2 atom stereocenters. The topological polar surface area (TPSA) is 21.3 Å². The lowest BCUT2D eigenvalue weighted by Crippen LogP contribution is -2.26. The molecule has 2 rings (SSSR count). The second-order valence-corrected chi connectivity index (χ2v) is 5.51. The summed E-state index contributed by atoms with van der Waals surface area (Å²) in [6.07, 6.45) is 0.173. The summed E-state index contributed by atoms with van der Waals surface area (Å²) in [7, 11) is 0. The highest BCUT2D eigenvalue weighted by atomic mass is 19.4. The first-order chi connectivity index (χ1) is 9.44. The van der Waals surface area contributed by atoms with Crippen molar-refractivity contribution >= 4 is 5.69 Å². The summed E-state index contributed by atoms with van der Waals surface area (Å²) < 4.78 is 41.6. The first kappa shape index (κ1) is 15.0. The van der Waals surface area contributed by atoms with E-state index in [0.29, 0.717) is 17.6 Å². The van der Waals surface area contributed by atoms with Crippen LogP contribution in [0.2, 0.25) is 0 Å². The molecular formula is C15H20F3NO. The Bertz CT molecular complexity index is 433. The predicted octanol–water partition coefficient (Wildman–Crippen LogP) is 4.62. The summed E-state index contributed by atoms with van der Waals surface area (Å²) in [5.41, 5.74) is 0.649. The Morgan fingerprint density at radius 1 is 1.25 bits per heavy atom. The van der Waals surface area contributed by atoms with Crippen molar-refractivity contribution in [1.82, 2.24) is 0 Å². The number of para-hydroxylation sites is 2. The fraction of sp³-hybridized carbons (Fsp3) is 0.600. The van der Waals surface area contributed by atoms with E-state index >= 15 is 0 Å². The molecule has 1 fully saturated rings. The number of anilines is 1. The van der Waals surface area contributed by atoms with E-state index in [-0.39, 0.29) is 5.75 Å². The smallest absolute Gasteiger partial charge is 0.422 e. The zero-order valence-corrected chi connectivity index (χ0v) is 11.5. The zero-order valence-electron chi connectivity index (χ0n) is 11.5. The van der Waals surface area contributed by atoms with E-state index in [1.54, 1.807) is 24.3 Å². The van der Waals surface area contributed by atoms with Gasteiger partial charge in [0.1, 0.15) is 5.75 Å². The van der Waals surface area contributed by atoms with Crippen molar-refractivity contribution in [3.63, 3.8) is 0 Å². The van der Waals surface area contributed by atoms with Crippen LogP contribution in [0.1, 0.15) is 32.6 Å². The largest absolute Gasteiger partial charge is 0.482 e. The minimum atomic E-state index is -4.31. The third-order valence-electron chi connectivity index (χ3n) is 3.57. The normalized spacial score (nSPS) is 23.4. The third kappa shape index (κ3) is 4.62. The number of alkyl halides is 3. The van der Waals surface area contributed by atoms with Crippen LogP contribution in [0.4, 0.5) is 18.9 Å². The maximum absolute atomic E-state index is 12.2. The minimum Gasteiger partial charge on any atom is -0.482 e. The fourth-order valence-corrected chi connectivity index (χ4v) is 2.66. The molecular weight excluding hydrogens is 267 g/mol. The van der Waals surface area contributed by atoms with Crippen molar-refractivity contribution in [2.45, 2.75) is 44.8 Å². The van der Waals surface area contributed by atoms with Gasteiger partial charge in [-0.15, -0.1) is 0 Å². The van der Waals surface area contributed by atoms with Crippen molar-refractivity contribution in [2.24, 2.45) is 5.92 Å². The summed E-state index contributed by atoms with van der Waals surface area (Å²) >= 11 is 0. The first-order valence-corrected chi connectivity index (χ1v) is 6.99. The molecule has 0 radical (unpaired) electrons. The van der Waals surface area contributed by atoms with Crippen LogP contribution in [0.3, 0.4) is 0 Å². The van der Waals surface area contributed by atoms with Crippen molar-refractivity contribution < 1.29 is 17.9 Å². The summed E-state index contributed by atoms with van der Waals surface area (Å²) in [5.74, 6) is 0.924. The number of hydrogen-bond acceptors (Lipinski definition) is 2. The molecule has 0 heterocycles. The van der Waals surface area contributed by atoms with Gasteiger partial charge in [-0.2, -0.15) is 13.2 Å². The summed E-state index contributed by atoms with van der Waals surface area (Å²) in [6, 6.07) is 7.13.